The predicted molar refractivity (Wildman–Crippen MR) is 101 cm³/mol. The molecule has 2 heterocycles. The fourth-order valence-electron chi connectivity index (χ4n) is 3.53. The Morgan fingerprint density at radius 1 is 0.821 bits per heavy atom. The van der Waals surface area contributed by atoms with E-state index < -0.39 is 11.7 Å². The van der Waals surface area contributed by atoms with E-state index in [-0.39, 0.29) is 17.3 Å². The van der Waals surface area contributed by atoms with Gasteiger partial charge in [-0.15, -0.1) is 21.5 Å². The van der Waals surface area contributed by atoms with Gasteiger partial charge in [0.2, 0.25) is 5.89 Å². The number of thiophene rings is 1. The third-order valence-corrected chi connectivity index (χ3v) is 6.03. The van der Waals surface area contributed by atoms with Gasteiger partial charge < -0.3 is 4.42 Å². The topological polar surface area (TPSA) is 38.9 Å². The summed E-state index contributed by atoms with van der Waals surface area (Å²) >= 11 is 1.53. The van der Waals surface area contributed by atoms with Gasteiger partial charge in [0.15, 0.2) is 0 Å². The van der Waals surface area contributed by atoms with E-state index in [1.54, 1.807) is 0 Å². The highest BCUT2D eigenvalue weighted by atomic mass is 32.1. The molecule has 5 rings (SSSR count). The molecule has 3 nitrogen and oxygen atoms in total. The van der Waals surface area contributed by atoms with Crippen LogP contribution in [0.5, 0.6) is 0 Å². The molecule has 0 saturated heterocycles. The second kappa shape index (κ2) is 6.31. The number of alkyl halides is 3. The molecule has 1 aliphatic rings. The molecule has 0 fully saturated rings. The van der Waals surface area contributed by atoms with Crippen molar-refractivity contribution in [1.29, 1.82) is 0 Å². The van der Waals surface area contributed by atoms with Gasteiger partial charge in [-0.3, -0.25) is 0 Å². The summed E-state index contributed by atoms with van der Waals surface area (Å²) < 4.78 is 45.5. The number of aryl methyl sites for hydroxylation is 2. The Bertz CT molecular complexity index is 1180. The highest BCUT2D eigenvalue weighted by Crippen LogP contribution is 2.43. The molecule has 0 N–H and O–H groups in total. The molecule has 0 atom stereocenters. The van der Waals surface area contributed by atoms with E-state index in [2.05, 4.69) is 22.3 Å². The first-order valence-electron chi connectivity index (χ1n) is 8.72. The lowest BCUT2D eigenvalue weighted by atomic mass is 9.91. The van der Waals surface area contributed by atoms with Gasteiger partial charge in [-0.1, -0.05) is 36.4 Å². The maximum absolute atomic E-state index is 13.3. The largest absolute Gasteiger partial charge is 0.417 e. The molecule has 0 aliphatic heterocycles. The van der Waals surface area contributed by atoms with Gasteiger partial charge in [0.05, 0.1) is 16.0 Å². The van der Waals surface area contributed by atoms with E-state index in [4.69, 9.17) is 4.42 Å². The quantitative estimate of drug-likeness (QED) is 0.401. The summed E-state index contributed by atoms with van der Waals surface area (Å²) in [4.78, 5) is 1.93. The number of nitrogens with zero attached hydrogens (tertiary/aromatic N) is 2. The lowest BCUT2D eigenvalue weighted by Gasteiger charge is -2.15. The van der Waals surface area contributed by atoms with Crippen molar-refractivity contribution >= 4 is 11.3 Å². The fraction of sp³-hybridized carbons (Fsp3) is 0.143. The molecule has 1 aliphatic carbocycles. The fourth-order valence-corrected chi connectivity index (χ4v) is 4.72. The van der Waals surface area contributed by atoms with Crippen LogP contribution in [0.1, 0.15) is 16.7 Å². The van der Waals surface area contributed by atoms with Crippen LogP contribution in [0.15, 0.2) is 59.0 Å². The summed E-state index contributed by atoms with van der Waals surface area (Å²) in [5.74, 6) is 0.110. The summed E-state index contributed by atoms with van der Waals surface area (Å²) in [6.45, 7) is 0. The molecular weight excluding hydrogens is 385 g/mol. The number of halogens is 3. The molecule has 140 valence electrons. The van der Waals surface area contributed by atoms with Crippen molar-refractivity contribution in [3.05, 3.63) is 71.3 Å². The van der Waals surface area contributed by atoms with Gasteiger partial charge in [-0.25, -0.2) is 0 Å². The Labute approximate surface area is 162 Å². The first-order valence-corrected chi connectivity index (χ1v) is 9.54. The van der Waals surface area contributed by atoms with E-state index in [1.807, 2.05) is 18.2 Å². The third-order valence-electron chi connectivity index (χ3n) is 4.83. The maximum Gasteiger partial charge on any atom is 0.417 e. The minimum atomic E-state index is -4.49. The number of rotatable bonds is 2. The zero-order valence-electron chi connectivity index (χ0n) is 14.5. The SMILES string of the molecule is FC(F)(F)c1ccccc1-c1nnc(-c2cc3c(s2)-c2ccccc2CC3)o1. The van der Waals surface area contributed by atoms with Crippen molar-refractivity contribution in [3.8, 4) is 32.7 Å². The lowest BCUT2D eigenvalue weighted by molar-refractivity contribution is -0.137. The second-order valence-corrected chi connectivity index (χ2v) is 7.63. The zero-order valence-corrected chi connectivity index (χ0v) is 15.3. The van der Waals surface area contributed by atoms with Crippen molar-refractivity contribution in [2.75, 3.05) is 0 Å². The van der Waals surface area contributed by atoms with E-state index >= 15 is 0 Å². The van der Waals surface area contributed by atoms with Gasteiger partial charge >= 0.3 is 6.18 Å². The number of benzene rings is 2. The van der Waals surface area contributed by atoms with Crippen LogP contribution >= 0.6 is 11.3 Å². The van der Waals surface area contributed by atoms with E-state index in [0.717, 1.165) is 28.7 Å². The molecule has 0 unspecified atom stereocenters. The molecule has 0 bridgehead atoms. The van der Waals surface area contributed by atoms with Crippen LogP contribution in [0, 0.1) is 0 Å². The summed E-state index contributed by atoms with van der Waals surface area (Å²) in [5, 5.41) is 7.89. The summed E-state index contributed by atoms with van der Waals surface area (Å²) in [5.41, 5.74) is 2.80. The van der Waals surface area contributed by atoms with Crippen LogP contribution in [0.4, 0.5) is 13.2 Å². The molecule has 0 radical (unpaired) electrons. The number of aromatic nitrogens is 2. The van der Waals surface area contributed by atoms with Crippen LogP contribution < -0.4 is 0 Å². The standard InChI is InChI=1S/C21H13F3N2OS/c22-21(23,24)16-8-4-3-7-15(16)19-25-26-20(27-19)17-11-13-10-9-12-5-1-2-6-14(12)18(13)28-17/h1-8,11H,9-10H2. The maximum atomic E-state index is 13.3. The third kappa shape index (κ3) is 2.82. The average Bonchev–Trinajstić information content (AvgIpc) is 3.34. The highest BCUT2D eigenvalue weighted by Gasteiger charge is 2.35. The van der Waals surface area contributed by atoms with Crippen molar-refractivity contribution in [3.63, 3.8) is 0 Å². The van der Waals surface area contributed by atoms with Crippen molar-refractivity contribution < 1.29 is 17.6 Å². The van der Waals surface area contributed by atoms with Crippen LogP contribution in [0.25, 0.3) is 32.7 Å². The van der Waals surface area contributed by atoms with E-state index in [9.17, 15) is 13.2 Å². The Kier molecular flexibility index (Phi) is 3.87. The van der Waals surface area contributed by atoms with Crippen LogP contribution in [0.2, 0.25) is 0 Å². The molecule has 0 saturated carbocycles. The smallest absolute Gasteiger partial charge is 0.415 e. The van der Waals surface area contributed by atoms with Gasteiger partial charge in [0.1, 0.15) is 0 Å². The molecule has 0 spiro atoms. The van der Waals surface area contributed by atoms with Gasteiger partial charge in [0.25, 0.3) is 5.89 Å². The molecular formula is C21H13F3N2OS. The summed E-state index contributed by atoms with van der Waals surface area (Å²) in [7, 11) is 0. The molecule has 2 aromatic heterocycles. The summed E-state index contributed by atoms with van der Waals surface area (Å²) in [6, 6.07) is 15.5. The minimum absolute atomic E-state index is 0.111. The van der Waals surface area contributed by atoms with Gasteiger partial charge in [0, 0.05) is 4.88 Å². The van der Waals surface area contributed by atoms with Crippen molar-refractivity contribution in [1.82, 2.24) is 10.2 Å². The van der Waals surface area contributed by atoms with E-state index in [1.165, 1.54) is 46.2 Å². The first kappa shape index (κ1) is 17.2. The number of fused-ring (bicyclic) bond motifs is 3. The zero-order chi connectivity index (χ0) is 19.3. The predicted octanol–water partition coefficient (Wildman–Crippen LogP) is 6.25. The normalized spacial score (nSPS) is 13.2. The second-order valence-electron chi connectivity index (χ2n) is 6.58. The van der Waals surface area contributed by atoms with Crippen LogP contribution in [0.3, 0.4) is 0 Å². The van der Waals surface area contributed by atoms with Gasteiger partial charge in [-0.2, -0.15) is 13.2 Å². The summed E-state index contributed by atoms with van der Waals surface area (Å²) in [6.07, 6.45) is -2.61. The van der Waals surface area contributed by atoms with Gasteiger partial charge in [-0.05, 0) is 47.7 Å². The molecule has 7 heteroatoms. The average molecular weight is 398 g/mol. The molecule has 2 aromatic carbocycles. The monoisotopic (exact) mass is 398 g/mol. The molecule has 4 aromatic rings. The first-order chi connectivity index (χ1) is 13.5. The van der Waals surface area contributed by atoms with Crippen LogP contribution in [-0.2, 0) is 19.0 Å². The molecule has 0 amide bonds. The Morgan fingerprint density at radius 2 is 1.50 bits per heavy atom. The Morgan fingerprint density at radius 3 is 2.32 bits per heavy atom. The number of hydrogen-bond acceptors (Lipinski definition) is 4. The Hall–Kier alpha value is -2.93. The lowest BCUT2D eigenvalue weighted by Crippen LogP contribution is -2.06. The highest BCUT2D eigenvalue weighted by molar-refractivity contribution is 7.19. The Balaban J connectivity index is 1.55. The molecule has 28 heavy (non-hydrogen) atoms. The van der Waals surface area contributed by atoms with Crippen molar-refractivity contribution in [2.24, 2.45) is 0 Å². The van der Waals surface area contributed by atoms with E-state index in [0.29, 0.717) is 0 Å². The van der Waals surface area contributed by atoms with Crippen LogP contribution in [-0.4, -0.2) is 10.2 Å². The van der Waals surface area contributed by atoms with Crippen molar-refractivity contribution in [2.45, 2.75) is 19.0 Å². The minimum Gasteiger partial charge on any atom is -0.415 e. The number of hydrogen-bond donors (Lipinski definition) is 0.